The molecule has 2 rings (SSSR count). The average molecular weight is 262 g/mol. The number of nitrogens with zero attached hydrogens (tertiary/aromatic N) is 1. The zero-order chi connectivity index (χ0) is 14.2. The molecule has 1 aromatic rings. The van der Waals surface area contributed by atoms with E-state index in [0.29, 0.717) is 6.42 Å². The highest BCUT2D eigenvalue weighted by Crippen LogP contribution is 2.30. The number of benzene rings is 1. The van der Waals surface area contributed by atoms with Gasteiger partial charge >= 0.3 is 5.97 Å². The first-order chi connectivity index (χ1) is 8.86. The van der Waals surface area contributed by atoms with Crippen molar-refractivity contribution in [3.8, 4) is 0 Å². The van der Waals surface area contributed by atoms with Crippen molar-refractivity contribution in [2.75, 3.05) is 24.4 Å². The second kappa shape index (κ2) is 4.57. The van der Waals surface area contributed by atoms with Gasteiger partial charge in [0.25, 0.3) is 0 Å². The van der Waals surface area contributed by atoms with Crippen LogP contribution in [0.25, 0.3) is 0 Å². The van der Waals surface area contributed by atoms with Crippen LogP contribution in [0.5, 0.6) is 0 Å². The Morgan fingerprint density at radius 1 is 1.42 bits per heavy atom. The van der Waals surface area contributed by atoms with Crippen LogP contribution in [-0.4, -0.2) is 31.6 Å². The number of ether oxygens (including phenoxy) is 1. The quantitative estimate of drug-likeness (QED) is 0.840. The number of methoxy groups -OCH3 is 1. The molecule has 1 aromatic carbocycles. The third-order valence-electron chi connectivity index (χ3n) is 3.62. The molecular formula is C14H18N2O3. The van der Waals surface area contributed by atoms with Crippen molar-refractivity contribution in [1.82, 2.24) is 0 Å². The van der Waals surface area contributed by atoms with Crippen LogP contribution >= 0.6 is 0 Å². The van der Waals surface area contributed by atoms with Gasteiger partial charge in [-0.05, 0) is 37.6 Å². The van der Waals surface area contributed by atoms with E-state index >= 15 is 0 Å². The lowest BCUT2D eigenvalue weighted by molar-refractivity contribution is -0.145. The van der Waals surface area contributed by atoms with E-state index in [1.165, 1.54) is 7.11 Å². The number of hydrogen-bond acceptors (Lipinski definition) is 4. The Labute approximate surface area is 112 Å². The summed E-state index contributed by atoms with van der Waals surface area (Å²) in [4.78, 5) is 25.0. The summed E-state index contributed by atoms with van der Waals surface area (Å²) < 4.78 is 4.82. The second-order valence-corrected chi connectivity index (χ2v) is 5.18. The normalized spacial score (nSPS) is 13.8. The Morgan fingerprint density at radius 3 is 2.74 bits per heavy atom. The molecule has 0 fully saturated rings. The summed E-state index contributed by atoms with van der Waals surface area (Å²) in [5, 5.41) is 2.79. The van der Waals surface area contributed by atoms with Gasteiger partial charge in [0, 0.05) is 18.4 Å². The number of esters is 1. The first-order valence-electron chi connectivity index (χ1n) is 6.11. The first-order valence-corrected chi connectivity index (χ1v) is 6.11. The lowest BCUT2D eigenvalue weighted by Gasteiger charge is -2.34. The number of likely N-dealkylation sites (N-methyl/N-ethyl adjacent to an activating group) is 1. The van der Waals surface area contributed by atoms with Gasteiger partial charge in [0.05, 0.1) is 13.5 Å². The van der Waals surface area contributed by atoms with Crippen LogP contribution < -0.4 is 10.2 Å². The minimum Gasteiger partial charge on any atom is -0.467 e. The standard InChI is InChI=1S/C14H18N2O3/c1-14(2,13(18)19-4)16(3)10-5-6-11-9(7-10)8-12(17)15-11/h5-7H,8H2,1-4H3,(H,15,17). The van der Waals surface area contributed by atoms with Gasteiger partial charge in [0.2, 0.25) is 5.91 Å². The van der Waals surface area contributed by atoms with E-state index in [0.717, 1.165) is 16.9 Å². The van der Waals surface area contributed by atoms with Gasteiger partial charge in [0.1, 0.15) is 5.54 Å². The fourth-order valence-electron chi connectivity index (χ4n) is 2.13. The predicted molar refractivity (Wildman–Crippen MR) is 73.3 cm³/mol. The predicted octanol–water partition coefficient (Wildman–Crippen LogP) is 1.57. The molecule has 1 amide bonds. The molecule has 102 valence electrons. The van der Waals surface area contributed by atoms with Gasteiger partial charge in [-0.15, -0.1) is 0 Å². The largest absolute Gasteiger partial charge is 0.467 e. The number of fused-ring (bicyclic) bond motifs is 1. The number of carbonyl (C=O) groups excluding carboxylic acids is 2. The van der Waals surface area contributed by atoms with Crippen LogP contribution in [0, 0.1) is 0 Å². The van der Waals surface area contributed by atoms with Gasteiger partial charge in [-0.1, -0.05) is 0 Å². The van der Waals surface area contributed by atoms with Crippen LogP contribution in [0.15, 0.2) is 18.2 Å². The third kappa shape index (κ3) is 2.28. The molecule has 0 unspecified atom stereocenters. The van der Waals surface area contributed by atoms with Gasteiger partial charge in [-0.3, -0.25) is 4.79 Å². The summed E-state index contributed by atoms with van der Waals surface area (Å²) in [6.07, 6.45) is 0.385. The zero-order valence-electron chi connectivity index (χ0n) is 11.6. The molecule has 19 heavy (non-hydrogen) atoms. The number of nitrogens with one attached hydrogen (secondary N) is 1. The summed E-state index contributed by atoms with van der Waals surface area (Å²) >= 11 is 0. The molecular weight excluding hydrogens is 244 g/mol. The van der Waals surface area contributed by atoms with E-state index in [1.807, 2.05) is 30.1 Å². The van der Waals surface area contributed by atoms with Gasteiger partial charge in [-0.25, -0.2) is 4.79 Å². The van der Waals surface area contributed by atoms with Crippen LogP contribution in [0.4, 0.5) is 11.4 Å². The van der Waals surface area contributed by atoms with Crippen LogP contribution in [0.3, 0.4) is 0 Å². The summed E-state index contributed by atoms with van der Waals surface area (Å²) in [5.74, 6) is -0.299. The molecule has 0 spiro atoms. The maximum atomic E-state index is 11.8. The molecule has 1 heterocycles. The fraction of sp³-hybridized carbons (Fsp3) is 0.429. The molecule has 5 heteroatoms. The highest BCUT2D eigenvalue weighted by atomic mass is 16.5. The highest BCUT2D eigenvalue weighted by Gasteiger charge is 2.34. The van der Waals surface area contributed by atoms with Crippen LogP contribution in [0.1, 0.15) is 19.4 Å². The molecule has 0 aromatic heterocycles. The summed E-state index contributed by atoms with van der Waals surface area (Å²) in [7, 11) is 3.21. The molecule has 0 atom stereocenters. The van der Waals surface area contributed by atoms with Gasteiger partial charge in [0.15, 0.2) is 0 Å². The van der Waals surface area contributed by atoms with Crippen molar-refractivity contribution >= 4 is 23.3 Å². The Kier molecular flexibility index (Phi) is 3.22. The van der Waals surface area contributed by atoms with Crippen LogP contribution in [-0.2, 0) is 20.7 Å². The van der Waals surface area contributed by atoms with E-state index in [4.69, 9.17) is 4.74 Å². The van der Waals surface area contributed by atoms with E-state index in [9.17, 15) is 9.59 Å². The zero-order valence-corrected chi connectivity index (χ0v) is 11.6. The van der Waals surface area contributed by atoms with Crippen molar-refractivity contribution in [1.29, 1.82) is 0 Å². The van der Waals surface area contributed by atoms with Crippen molar-refractivity contribution in [3.05, 3.63) is 23.8 Å². The molecule has 1 aliphatic heterocycles. The SMILES string of the molecule is COC(=O)C(C)(C)N(C)c1ccc2c(c1)CC(=O)N2. The Morgan fingerprint density at radius 2 is 2.11 bits per heavy atom. The molecule has 5 nitrogen and oxygen atoms in total. The monoisotopic (exact) mass is 262 g/mol. The molecule has 0 radical (unpaired) electrons. The summed E-state index contributed by atoms with van der Waals surface area (Å²) in [5.41, 5.74) is 1.91. The Balaban J connectivity index is 2.31. The summed E-state index contributed by atoms with van der Waals surface area (Å²) in [6, 6.07) is 5.67. The molecule has 0 saturated heterocycles. The average Bonchev–Trinajstić information content (AvgIpc) is 2.75. The topological polar surface area (TPSA) is 58.6 Å². The minimum atomic E-state index is -0.765. The molecule has 1 aliphatic rings. The number of anilines is 2. The van der Waals surface area contributed by atoms with Crippen molar-refractivity contribution in [2.45, 2.75) is 25.8 Å². The van der Waals surface area contributed by atoms with E-state index in [1.54, 1.807) is 13.8 Å². The maximum Gasteiger partial charge on any atom is 0.331 e. The minimum absolute atomic E-state index is 0.00188. The first kappa shape index (κ1) is 13.4. The third-order valence-corrected chi connectivity index (χ3v) is 3.62. The Bertz CT molecular complexity index is 537. The number of rotatable bonds is 3. The van der Waals surface area contributed by atoms with Gasteiger partial charge in [-0.2, -0.15) is 0 Å². The fourth-order valence-corrected chi connectivity index (χ4v) is 2.13. The lowest BCUT2D eigenvalue weighted by Crippen LogP contribution is -2.48. The van der Waals surface area contributed by atoms with E-state index in [2.05, 4.69) is 5.32 Å². The number of amides is 1. The van der Waals surface area contributed by atoms with E-state index < -0.39 is 5.54 Å². The van der Waals surface area contributed by atoms with Crippen molar-refractivity contribution < 1.29 is 14.3 Å². The Hall–Kier alpha value is -2.04. The highest BCUT2D eigenvalue weighted by molar-refractivity contribution is 5.99. The molecule has 0 aliphatic carbocycles. The van der Waals surface area contributed by atoms with Gasteiger partial charge < -0.3 is 15.0 Å². The van der Waals surface area contributed by atoms with Crippen molar-refractivity contribution in [3.63, 3.8) is 0 Å². The molecule has 1 N–H and O–H groups in total. The van der Waals surface area contributed by atoms with E-state index in [-0.39, 0.29) is 11.9 Å². The number of hydrogen-bond donors (Lipinski definition) is 1. The smallest absolute Gasteiger partial charge is 0.331 e. The van der Waals surface area contributed by atoms with Crippen molar-refractivity contribution in [2.24, 2.45) is 0 Å². The van der Waals surface area contributed by atoms with Crippen LogP contribution in [0.2, 0.25) is 0 Å². The lowest BCUT2D eigenvalue weighted by atomic mass is 10.0. The number of carbonyl (C=O) groups is 2. The second-order valence-electron chi connectivity index (χ2n) is 5.18. The molecule has 0 saturated carbocycles. The molecule has 0 bridgehead atoms. The summed E-state index contributed by atoms with van der Waals surface area (Å²) in [6.45, 7) is 3.60. The maximum absolute atomic E-state index is 11.8.